The molecule has 3 aromatic rings. The highest BCUT2D eigenvalue weighted by atomic mass is 16.1. The van der Waals surface area contributed by atoms with Gasteiger partial charge in [0.2, 0.25) is 11.4 Å². The van der Waals surface area contributed by atoms with Gasteiger partial charge in [0, 0.05) is 36.1 Å². The van der Waals surface area contributed by atoms with Gasteiger partial charge in [-0.2, -0.15) is 5.21 Å². The summed E-state index contributed by atoms with van der Waals surface area (Å²) in [5.74, 6) is 0.527. The SMILES string of the molecule is Cn1cc(-c2c3c(nc(C4=CC=C4)c2-c2nn[nH]n2)CCCCC3)ccc1=O. The lowest BCUT2D eigenvalue weighted by Gasteiger charge is -2.21. The Morgan fingerprint density at radius 2 is 1.96 bits per heavy atom. The molecule has 0 aliphatic heterocycles. The Balaban J connectivity index is 1.88. The Hall–Kier alpha value is -3.35. The molecule has 2 aliphatic carbocycles. The van der Waals surface area contributed by atoms with Gasteiger partial charge < -0.3 is 4.57 Å². The highest BCUT2D eigenvalue weighted by molar-refractivity contribution is 5.94. The number of aromatic amines is 1. The number of hydrogen-bond donors (Lipinski definition) is 1. The molecule has 0 spiro atoms. The maximum atomic E-state index is 12.0. The third-order valence-electron chi connectivity index (χ3n) is 5.49. The Kier molecular flexibility index (Phi) is 4.00. The molecule has 28 heavy (non-hydrogen) atoms. The van der Waals surface area contributed by atoms with E-state index >= 15 is 0 Å². The van der Waals surface area contributed by atoms with Gasteiger partial charge in [0.15, 0.2) is 0 Å². The summed E-state index contributed by atoms with van der Waals surface area (Å²) in [7, 11) is 1.78. The van der Waals surface area contributed by atoms with Crippen LogP contribution in [0, 0.1) is 0 Å². The van der Waals surface area contributed by atoms with E-state index in [4.69, 9.17) is 4.98 Å². The number of aryl methyl sites for hydroxylation is 2. The minimum Gasteiger partial charge on any atom is -0.318 e. The van der Waals surface area contributed by atoms with Gasteiger partial charge in [-0.15, -0.1) is 10.2 Å². The molecule has 7 nitrogen and oxygen atoms in total. The normalized spacial score (nSPS) is 15.5. The maximum Gasteiger partial charge on any atom is 0.250 e. The standard InChI is InChI=1S/C21H20N6O/c1-27-12-14(10-11-17(27)28)18-15-8-3-2-4-9-16(15)22-20(13-6-5-7-13)19(18)21-23-25-26-24-21/h5-7,10-12H,2-4,8-9H2,1H3,(H,23,24,25,26). The first-order chi connectivity index (χ1) is 13.7. The van der Waals surface area contributed by atoms with Gasteiger partial charge in [-0.05, 0) is 48.1 Å². The van der Waals surface area contributed by atoms with E-state index in [1.54, 1.807) is 17.7 Å². The van der Waals surface area contributed by atoms with Crippen LogP contribution in [0.15, 0.2) is 41.4 Å². The first-order valence-electron chi connectivity index (χ1n) is 9.58. The van der Waals surface area contributed by atoms with E-state index in [9.17, 15) is 4.79 Å². The molecule has 1 N–H and O–H groups in total. The molecule has 2 aliphatic rings. The molecule has 0 unspecified atom stereocenters. The number of hydrogen-bond acceptors (Lipinski definition) is 5. The van der Waals surface area contributed by atoms with Crippen molar-refractivity contribution in [3.8, 4) is 22.5 Å². The highest BCUT2D eigenvalue weighted by Gasteiger charge is 2.27. The number of nitrogens with zero attached hydrogens (tertiary/aromatic N) is 5. The second kappa shape index (κ2) is 6.67. The zero-order chi connectivity index (χ0) is 19.1. The highest BCUT2D eigenvalue weighted by Crippen LogP contribution is 2.41. The van der Waals surface area contributed by atoms with Gasteiger partial charge in [0.1, 0.15) is 0 Å². The lowest BCUT2D eigenvalue weighted by Crippen LogP contribution is -2.15. The average molecular weight is 372 g/mol. The molecule has 0 atom stereocenters. The van der Waals surface area contributed by atoms with Gasteiger partial charge >= 0.3 is 0 Å². The summed E-state index contributed by atoms with van der Waals surface area (Å²) in [6, 6.07) is 3.50. The molecular formula is C21H20N6O. The Morgan fingerprint density at radius 1 is 1.11 bits per heavy atom. The summed E-state index contributed by atoms with van der Waals surface area (Å²) in [6.45, 7) is 0. The Morgan fingerprint density at radius 3 is 2.68 bits per heavy atom. The third-order valence-corrected chi connectivity index (χ3v) is 5.49. The van der Waals surface area contributed by atoms with Crippen LogP contribution in [0.5, 0.6) is 0 Å². The number of fused-ring (bicyclic) bond motifs is 1. The first kappa shape index (κ1) is 16.8. The fraction of sp³-hybridized carbons (Fsp3) is 0.286. The van der Waals surface area contributed by atoms with Gasteiger partial charge in [0.05, 0.1) is 11.3 Å². The zero-order valence-electron chi connectivity index (χ0n) is 15.6. The lowest BCUT2D eigenvalue weighted by molar-refractivity contribution is 0.708. The Bertz CT molecular complexity index is 1170. The van der Waals surface area contributed by atoms with Crippen molar-refractivity contribution in [1.29, 1.82) is 0 Å². The first-order valence-corrected chi connectivity index (χ1v) is 9.58. The van der Waals surface area contributed by atoms with E-state index < -0.39 is 0 Å². The van der Waals surface area contributed by atoms with Crippen molar-refractivity contribution in [1.82, 2.24) is 30.2 Å². The summed E-state index contributed by atoms with van der Waals surface area (Å²) in [6.07, 6.45) is 13.4. The third kappa shape index (κ3) is 2.70. The minimum atomic E-state index is -0.0325. The van der Waals surface area contributed by atoms with Crippen molar-refractivity contribution in [2.75, 3.05) is 0 Å². The second-order valence-electron chi connectivity index (χ2n) is 7.28. The quantitative estimate of drug-likeness (QED) is 0.714. The predicted molar refractivity (Wildman–Crippen MR) is 106 cm³/mol. The number of pyridine rings is 2. The van der Waals surface area contributed by atoms with Crippen molar-refractivity contribution >= 4 is 5.57 Å². The van der Waals surface area contributed by atoms with Gasteiger partial charge in [0.25, 0.3) is 0 Å². The van der Waals surface area contributed by atoms with Gasteiger partial charge in [-0.3, -0.25) is 9.78 Å². The number of rotatable bonds is 3. The van der Waals surface area contributed by atoms with E-state index in [1.165, 1.54) is 12.0 Å². The molecule has 5 rings (SSSR count). The molecule has 0 bridgehead atoms. The summed E-state index contributed by atoms with van der Waals surface area (Å²) in [4.78, 5) is 17.1. The topological polar surface area (TPSA) is 89.3 Å². The summed E-state index contributed by atoms with van der Waals surface area (Å²) in [5.41, 5.74) is 7.23. The van der Waals surface area contributed by atoms with E-state index in [0.29, 0.717) is 5.82 Å². The van der Waals surface area contributed by atoms with E-state index in [0.717, 1.165) is 59.3 Å². The molecule has 0 aromatic carbocycles. The number of aromatic nitrogens is 6. The van der Waals surface area contributed by atoms with Crippen LogP contribution >= 0.6 is 0 Å². The van der Waals surface area contributed by atoms with Crippen LogP contribution < -0.4 is 5.56 Å². The lowest BCUT2D eigenvalue weighted by atomic mass is 9.87. The van der Waals surface area contributed by atoms with Crippen molar-refractivity contribution in [3.63, 3.8) is 0 Å². The number of allylic oxidation sites excluding steroid dienone is 4. The molecule has 0 saturated heterocycles. The Labute approximate surface area is 161 Å². The predicted octanol–water partition coefficient (Wildman–Crippen LogP) is 2.85. The number of tetrazole rings is 1. The zero-order valence-corrected chi connectivity index (χ0v) is 15.6. The van der Waals surface area contributed by atoms with E-state index in [-0.39, 0.29) is 5.56 Å². The average Bonchev–Trinajstić information content (AvgIpc) is 3.07. The minimum absolute atomic E-state index is 0.0325. The monoisotopic (exact) mass is 372 g/mol. The molecule has 140 valence electrons. The fourth-order valence-electron chi connectivity index (χ4n) is 4.02. The van der Waals surface area contributed by atoms with Crippen LogP contribution in [0.2, 0.25) is 0 Å². The molecule has 0 fully saturated rings. The molecule has 0 amide bonds. The molecular weight excluding hydrogens is 352 g/mol. The maximum absolute atomic E-state index is 12.0. The summed E-state index contributed by atoms with van der Waals surface area (Å²) < 4.78 is 1.61. The molecule has 7 heteroatoms. The van der Waals surface area contributed by atoms with Crippen LogP contribution in [0.3, 0.4) is 0 Å². The van der Waals surface area contributed by atoms with Crippen LogP contribution in [0.1, 0.15) is 36.2 Å². The van der Waals surface area contributed by atoms with Crippen molar-refractivity contribution in [3.05, 3.63) is 63.9 Å². The summed E-state index contributed by atoms with van der Waals surface area (Å²) in [5, 5.41) is 14.9. The smallest absolute Gasteiger partial charge is 0.250 e. The molecule has 0 saturated carbocycles. The van der Waals surface area contributed by atoms with Crippen molar-refractivity contribution in [2.24, 2.45) is 7.05 Å². The van der Waals surface area contributed by atoms with Crippen molar-refractivity contribution < 1.29 is 0 Å². The second-order valence-corrected chi connectivity index (χ2v) is 7.28. The summed E-state index contributed by atoms with van der Waals surface area (Å²) >= 11 is 0. The van der Waals surface area contributed by atoms with Crippen molar-refractivity contribution in [2.45, 2.75) is 32.1 Å². The van der Waals surface area contributed by atoms with Gasteiger partial charge in [-0.25, -0.2) is 0 Å². The van der Waals surface area contributed by atoms with Crippen LogP contribution in [-0.2, 0) is 19.9 Å². The fourth-order valence-corrected chi connectivity index (χ4v) is 4.02. The van der Waals surface area contributed by atoms with E-state index in [1.807, 2.05) is 18.3 Å². The van der Waals surface area contributed by atoms with Crippen LogP contribution in [-0.4, -0.2) is 30.2 Å². The largest absolute Gasteiger partial charge is 0.318 e. The number of nitrogens with one attached hydrogen (secondary N) is 1. The number of H-pyrrole nitrogens is 1. The van der Waals surface area contributed by atoms with Crippen LogP contribution in [0.25, 0.3) is 28.1 Å². The molecule has 0 radical (unpaired) electrons. The molecule has 3 heterocycles. The molecule has 3 aromatic heterocycles. The van der Waals surface area contributed by atoms with Crippen LogP contribution in [0.4, 0.5) is 0 Å². The van der Waals surface area contributed by atoms with Gasteiger partial charge in [-0.1, -0.05) is 24.6 Å². The van der Waals surface area contributed by atoms with E-state index in [2.05, 4.69) is 32.8 Å².